The zero-order valence-corrected chi connectivity index (χ0v) is 13.2. The molecule has 2 rings (SSSR count). The fraction of sp³-hybridized carbons (Fsp3) is 0.714. The lowest BCUT2D eigenvalue weighted by Crippen LogP contribution is -2.39. The fourth-order valence-electron chi connectivity index (χ4n) is 2.74. The molecule has 1 fully saturated rings. The van der Waals surface area contributed by atoms with Gasteiger partial charge in [-0.2, -0.15) is 0 Å². The molecule has 114 valence electrons. The summed E-state index contributed by atoms with van der Waals surface area (Å²) in [6.45, 7) is 7.75. The van der Waals surface area contributed by atoms with E-state index >= 15 is 0 Å². The normalized spacial score (nSPS) is 17.4. The maximum Gasteiger partial charge on any atom is 0.223 e. The molecule has 2 heterocycles. The van der Waals surface area contributed by atoms with Gasteiger partial charge in [-0.15, -0.1) is 12.4 Å². The van der Waals surface area contributed by atoms with Gasteiger partial charge >= 0.3 is 0 Å². The van der Waals surface area contributed by atoms with Crippen LogP contribution in [0.1, 0.15) is 49.2 Å². The number of carbonyl (C=O) groups excluding carboxylic acids is 1. The first-order valence-electron chi connectivity index (χ1n) is 7.07. The summed E-state index contributed by atoms with van der Waals surface area (Å²) in [5.41, 5.74) is 1.90. The van der Waals surface area contributed by atoms with E-state index in [0.717, 1.165) is 49.4 Å². The lowest BCUT2D eigenvalue weighted by Gasteiger charge is -2.25. The number of hydrogen-bond donors (Lipinski definition) is 2. The van der Waals surface area contributed by atoms with Crippen molar-refractivity contribution < 1.29 is 9.32 Å². The maximum atomic E-state index is 12.3. The van der Waals surface area contributed by atoms with Crippen LogP contribution in [0.15, 0.2) is 4.52 Å². The van der Waals surface area contributed by atoms with Gasteiger partial charge in [0, 0.05) is 11.5 Å². The minimum Gasteiger partial charge on any atom is -0.361 e. The van der Waals surface area contributed by atoms with Crippen molar-refractivity contribution in [1.29, 1.82) is 0 Å². The molecule has 0 bridgehead atoms. The highest BCUT2D eigenvalue weighted by atomic mass is 35.5. The van der Waals surface area contributed by atoms with E-state index in [1.54, 1.807) is 0 Å². The largest absolute Gasteiger partial charge is 0.361 e. The Labute approximate surface area is 126 Å². The van der Waals surface area contributed by atoms with E-state index in [2.05, 4.69) is 22.7 Å². The monoisotopic (exact) mass is 301 g/mol. The number of amides is 1. The number of piperidine rings is 1. The molecule has 0 aliphatic carbocycles. The Morgan fingerprint density at radius 1 is 1.45 bits per heavy atom. The highest BCUT2D eigenvalue weighted by molar-refractivity contribution is 5.85. The summed E-state index contributed by atoms with van der Waals surface area (Å²) in [6.07, 6.45) is 2.69. The number of nitrogens with zero attached hydrogens (tertiary/aromatic N) is 1. The lowest BCUT2D eigenvalue weighted by molar-refractivity contribution is -0.126. The number of aryl methyl sites for hydroxylation is 2. The molecule has 1 aromatic rings. The zero-order chi connectivity index (χ0) is 13.8. The zero-order valence-electron chi connectivity index (χ0n) is 12.4. The van der Waals surface area contributed by atoms with Gasteiger partial charge in [0.25, 0.3) is 0 Å². The van der Waals surface area contributed by atoms with E-state index in [-0.39, 0.29) is 30.3 Å². The SMILES string of the molecule is CCC(NC(=O)C1CCNCC1)c1c(C)noc1C.Cl. The maximum absolute atomic E-state index is 12.3. The van der Waals surface area contributed by atoms with Crippen molar-refractivity contribution in [1.82, 2.24) is 15.8 Å². The van der Waals surface area contributed by atoms with E-state index in [0.29, 0.717) is 0 Å². The van der Waals surface area contributed by atoms with Gasteiger partial charge in [0.05, 0.1) is 11.7 Å². The molecular formula is C14H24ClN3O2. The van der Waals surface area contributed by atoms with Crippen molar-refractivity contribution in [2.75, 3.05) is 13.1 Å². The van der Waals surface area contributed by atoms with Crippen LogP contribution in [0.2, 0.25) is 0 Å². The minimum absolute atomic E-state index is 0. The highest BCUT2D eigenvalue weighted by Gasteiger charge is 2.26. The Kier molecular flexibility index (Phi) is 6.49. The summed E-state index contributed by atoms with van der Waals surface area (Å²) >= 11 is 0. The molecule has 1 amide bonds. The first-order valence-corrected chi connectivity index (χ1v) is 7.07. The van der Waals surface area contributed by atoms with E-state index in [1.165, 1.54) is 0 Å². The van der Waals surface area contributed by atoms with E-state index in [4.69, 9.17) is 4.52 Å². The quantitative estimate of drug-likeness (QED) is 0.895. The molecule has 0 saturated carbocycles. The van der Waals surface area contributed by atoms with Crippen molar-refractivity contribution in [2.45, 2.75) is 46.1 Å². The van der Waals surface area contributed by atoms with Crippen molar-refractivity contribution in [2.24, 2.45) is 5.92 Å². The number of halogens is 1. The Bertz CT molecular complexity index is 422. The second-order valence-electron chi connectivity index (χ2n) is 5.23. The molecule has 0 spiro atoms. The summed E-state index contributed by atoms with van der Waals surface area (Å²) in [7, 11) is 0. The standard InChI is InChI=1S/C14H23N3O2.ClH/c1-4-12(13-9(2)17-19-10(13)3)16-14(18)11-5-7-15-8-6-11;/h11-12,15H,4-8H2,1-3H3,(H,16,18);1H. The molecule has 1 saturated heterocycles. The van der Waals surface area contributed by atoms with Crippen LogP contribution in [0.25, 0.3) is 0 Å². The average molecular weight is 302 g/mol. The smallest absolute Gasteiger partial charge is 0.223 e. The van der Waals surface area contributed by atoms with Gasteiger partial charge < -0.3 is 15.2 Å². The predicted molar refractivity (Wildman–Crippen MR) is 80.0 cm³/mol. The van der Waals surface area contributed by atoms with Gasteiger partial charge in [0.15, 0.2) is 0 Å². The van der Waals surface area contributed by atoms with E-state index in [1.807, 2.05) is 13.8 Å². The molecule has 2 N–H and O–H groups in total. The minimum atomic E-state index is 0. The van der Waals surface area contributed by atoms with Gasteiger partial charge in [-0.1, -0.05) is 12.1 Å². The molecule has 20 heavy (non-hydrogen) atoms. The second kappa shape index (κ2) is 7.64. The molecular weight excluding hydrogens is 278 g/mol. The third kappa shape index (κ3) is 3.73. The summed E-state index contributed by atoms with van der Waals surface area (Å²) in [5.74, 6) is 1.10. The molecule has 1 aromatic heterocycles. The molecule has 1 aliphatic rings. The molecule has 5 nitrogen and oxygen atoms in total. The van der Waals surface area contributed by atoms with Crippen LogP contribution < -0.4 is 10.6 Å². The Morgan fingerprint density at radius 3 is 2.60 bits per heavy atom. The second-order valence-corrected chi connectivity index (χ2v) is 5.23. The van der Waals surface area contributed by atoms with Gasteiger partial charge in [-0.05, 0) is 46.2 Å². The molecule has 1 atom stereocenters. The predicted octanol–water partition coefficient (Wildman–Crippen LogP) is 2.28. The van der Waals surface area contributed by atoms with Crippen molar-refractivity contribution in [3.8, 4) is 0 Å². The van der Waals surface area contributed by atoms with Crippen molar-refractivity contribution in [3.63, 3.8) is 0 Å². The van der Waals surface area contributed by atoms with E-state index < -0.39 is 0 Å². The van der Waals surface area contributed by atoms with Gasteiger partial charge in [0.2, 0.25) is 5.91 Å². The third-order valence-electron chi connectivity index (χ3n) is 3.87. The van der Waals surface area contributed by atoms with Gasteiger partial charge in [0.1, 0.15) is 5.76 Å². The Hall–Kier alpha value is -1.07. The van der Waals surface area contributed by atoms with Crippen molar-refractivity contribution >= 4 is 18.3 Å². The summed E-state index contributed by atoms with van der Waals surface area (Å²) < 4.78 is 5.19. The Morgan fingerprint density at radius 2 is 2.10 bits per heavy atom. The molecule has 1 aliphatic heterocycles. The highest BCUT2D eigenvalue weighted by Crippen LogP contribution is 2.25. The Balaban J connectivity index is 0.00000200. The first-order chi connectivity index (χ1) is 9.13. The van der Waals surface area contributed by atoms with E-state index in [9.17, 15) is 4.79 Å². The van der Waals surface area contributed by atoms with Crippen molar-refractivity contribution in [3.05, 3.63) is 17.0 Å². The van der Waals surface area contributed by atoms with Crippen LogP contribution in [0.5, 0.6) is 0 Å². The van der Waals surface area contributed by atoms with Gasteiger partial charge in [-0.3, -0.25) is 4.79 Å². The molecule has 1 unspecified atom stereocenters. The number of aromatic nitrogens is 1. The van der Waals surface area contributed by atoms with Crippen LogP contribution in [0.3, 0.4) is 0 Å². The molecule has 0 aromatic carbocycles. The summed E-state index contributed by atoms with van der Waals surface area (Å²) in [5, 5.41) is 10.4. The van der Waals surface area contributed by atoms with Crippen LogP contribution in [0.4, 0.5) is 0 Å². The van der Waals surface area contributed by atoms with Crippen LogP contribution in [0, 0.1) is 19.8 Å². The lowest BCUT2D eigenvalue weighted by atomic mass is 9.95. The summed E-state index contributed by atoms with van der Waals surface area (Å²) in [4.78, 5) is 12.3. The van der Waals surface area contributed by atoms with Crippen LogP contribution in [-0.2, 0) is 4.79 Å². The average Bonchev–Trinajstić information content (AvgIpc) is 2.76. The van der Waals surface area contributed by atoms with Crippen LogP contribution >= 0.6 is 12.4 Å². The summed E-state index contributed by atoms with van der Waals surface area (Å²) in [6, 6.07) is 0.00800. The molecule has 0 radical (unpaired) electrons. The fourth-order valence-corrected chi connectivity index (χ4v) is 2.74. The number of hydrogen-bond acceptors (Lipinski definition) is 4. The third-order valence-corrected chi connectivity index (χ3v) is 3.87. The topological polar surface area (TPSA) is 67.2 Å². The first kappa shape index (κ1) is 17.0. The number of rotatable bonds is 4. The van der Waals surface area contributed by atoms with Crippen LogP contribution in [-0.4, -0.2) is 24.2 Å². The number of nitrogens with one attached hydrogen (secondary N) is 2. The molecule has 6 heteroatoms. The number of carbonyl (C=O) groups is 1. The van der Waals surface area contributed by atoms with Gasteiger partial charge in [-0.25, -0.2) is 0 Å².